The third-order valence-corrected chi connectivity index (χ3v) is 2.70. The summed E-state index contributed by atoms with van der Waals surface area (Å²) in [4.78, 5) is 0. The summed E-state index contributed by atoms with van der Waals surface area (Å²) in [5, 5.41) is 14.6. The second kappa shape index (κ2) is 5.88. The number of aromatic nitrogens is 4. The van der Waals surface area contributed by atoms with Crippen molar-refractivity contribution in [3.63, 3.8) is 0 Å². The van der Waals surface area contributed by atoms with E-state index >= 15 is 0 Å². The molecule has 5 nitrogen and oxygen atoms in total. The van der Waals surface area contributed by atoms with E-state index in [1.807, 2.05) is 0 Å². The molecular weight excluding hydrogens is 257 g/mol. The van der Waals surface area contributed by atoms with Gasteiger partial charge in [0.15, 0.2) is 11.6 Å². The topological polar surface area (TPSA) is 55.6 Å². The molecule has 1 heterocycles. The summed E-state index contributed by atoms with van der Waals surface area (Å²) < 4.78 is 15.1. The summed E-state index contributed by atoms with van der Waals surface area (Å²) in [5.41, 5.74) is 0.178. The molecule has 0 bridgehead atoms. The summed E-state index contributed by atoms with van der Waals surface area (Å²) >= 11 is 5.98. The average molecular weight is 270 g/mol. The fourth-order valence-corrected chi connectivity index (χ4v) is 1.80. The number of hydrogen-bond acceptors (Lipinski definition) is 4. The minimum Gasteiger partial charge on any atom is -0.310 e. The number of benzene rings is 1. The zero-order valence-corrected chi connectivity index (χ0v) is 10.7. The Hall–Kier alpha value is -1.53. The SMILES string of the molecule is CCCNCc1nnnn1-c1c(F)cccc1Cl. The van der Waals surface area contributed by atoms with E-state index in [4.69, 9.17) is 11.6 Å². The van der Waals surface area contributed by atoms with Crippen LogP contribution in [0.25, 0.3) is 5.69 Å². The van der Waals surface area contributed by atoms with Gasteiger partial charge in [0, 0.05) is 0 Å². The van der Waals surface area contributed by atoms with Gasteiger partial charge < -0.3 is 5.32 Å². The molecule has 2 rings (SSSR count). The molecule has 0 amide bonds. The van der Waals surface area contributed by atoms with E-state index in [1.54, 1.807) is 12.1 Å². The van der Waals surface area contributed by atoms with Crippen molar-refractivity contribution in [1.82, 2.24) is 25.5 Å². The molecule has 1 aromatic carbocycles. The Labute approximate surface area is 109 Å². The fourth-order valence-electron chi connectivity index (χ4n) is 1.56. The number of nitrogens with one attached hydrogen (secondary N) is 1. The largest absolute Gasteiger partial charge is 0.310 e. The quantitative estimate of drug-likeness (QED) is 0.843. The Morgan fingerprint density at radius 3 is 3.00 bits per heavy atom. The highest BCUT2D eigenvalue weighted by atomic mass is 35.5. The fraction of sp³-hybridized carbons (Fsp3) is 0.364. The lowest BCUT2D eigenvalue weighted by molar-refractivity contribution is 0.590. The van der Waals surface area contributed by atoms with Crippen molar-refractivity contribution in [3.05, 3.63) is 34.9 Å². The van der Waals surface area contributed by atoms with Crippen molar-refractivity contribution in [2.24, 2.45) is 0 Å². The van der Waals surface area contributed by atoms with Crippen LogP contribution in [0.15, 0.2) is 18.2 Å². The highest BCUT2D eigenvalue weighted by molar-refractivity contribution is 6.32. The van der Waals surface area contributed by atoms with Crippen molar-refractivity contribution in [3.8, 4) is 5.69 Å². The van der Waals surface area contributed by atoms with Gasteiger partial charge in [-0.15, -0.1) is 5.10 Å². The first kappa shape index (κ1) is 12.9. The maximum atomic E-state index is 13.8. The van der Waals surface area contributed by atoms with Crippen LogP contribution >= 0.6 is 11.6 Å². The van der Waals surface area contributed by atoms with Crippen molar-refractivity contribution < 1.29 is 4.39 Å². The van der Waals surface area contributed by atoms with E-state index in [1.165, 1.54) is 10.7 Å². The molecule has 0 saturated heterocycles. The summed E-state index contributed by atoms with van der Waals surface area (Å²) in [6, 6.07) is 4.47. The number of tetrazole rings is 1. The first-order valence-corrected chi connectivity index (χ1v) is 6.04. The third kappa shape index (κ3) is 2.65. The van der Waals surface area contributed by atoms with Gasteiger partial charge in [-0.2, -0.15) is 4.68 Å². The molecule has 0 radical (unpaired) electrons. The van der Waals surface area contributed by atoms with Crippen LogP contribution in [0.3, 0.4) is 0 Å². The second-order valence-electron chi connectivity index (χ2n) is 3.75. The van der Waals surface area contributed by atoms with E-state index < -0.39 is 5.82 Å². The van der Waals surface area contributed by atoms with E-state index in [-0.39, 0.29) is 10.7 Å². The molecule has 0 spiro atoms. The Morgan fingerprint density at radius 2 is 2.28 bits per heavy atom. The van der Waals surface area contributed by atoms with Gasteiger partial charge in [-0.05, 0) is 35.5 Å². The van der Waals surface area contributed by atoms with Gasteiger partial charge in [-0.25, -0.2) is 4.39 Å². The summed E-state index contributed by atoms with van der Waals surface area (Å²) in [5.74, 6) is 0.0713. The predicted molar refractivity (Wildman–Crippen MR) is 66.1 cm³/mol. The monoisotopic (exact) mass is 269 g/mol. The molecule has 1 aromatic heterocycles. The van der Waals surface area contributed by atoms with Gasteiger partial charge in [0.1, 0.15) is 5.69 Å². The highest BCUT2D eigenvalue weighted by Gasteiger charge is 2.15. The minimum atomic E-state index is -0.452. The van der Waals surface area contributed by atoms with Crippen molar-refractivity contribution in [2.45, 2.75) is 19.9 Å². The highest BCUT2D eigenvalue weighted by Crippen LogP contribution is 2.23. The first-order valence-electron chi connectivity index (χ1n) is 5.66. The molecule has 0 unspecified atom stereocenters. The van der Waals surface area contributed by atoms with Crippen LogP contribution in [-0.4, -0.2) is 26.8 Å². The Bertz CT molecular complexity index is 508. The lowest BCUT2D eigenvalue weighted by Gasteiger charge is -2.08. The number of para-hydroxylation sites is 1. The molecule has 0 atom stereocenters. The Kier molecular flexibility index (Phi) is 4.22. The molecule has 2 aromatic rings. The van der Waals surface area contributed by atoms with Gasteiger partial charge in [0.05, 0.1) is 11.6 Å². The average Bonchev–Trinajstić information content (AvgIpc) is 2.78. The van der Waals surface area contributed by atoms with Gasteiger partial charge in [-0.3, -0.25) is 0 Å². The Balaban J connectivity index is 2.31. The van der Waals surface area contributed by atoms with E-state index in [9.17, 15) is 4.39 Å². The standard InChI is InChI=1S/C11H13ClFN5/c1-2-6-14-7-10-15-16-17-18(10)11-8(12)4-3-5-9(11)13/h3-5,14H,2,6-7H2,1H3. The van der Waals surface area contributed by atoms with Crippen LogP contribution in [0.1, 0.15) is 19.2 Å². The normalized spacial score (nSPS) is 10.8. The maximum Gasteiger partial charge on any atom is 0.170 e. The van der Waals surface area contributed by atoms with Gasteiger partial charge in [0.25, 0.3) is 0 Å². The van der Waals surface area contributed by atoms with Crippen LogP contribution in [0.5, 0.6) is 0 Å². The molecular formula is C11H13ClFN5. The maximum absolute atomic E-state index is 13.8. The van der Waals surface area contributed by atoms with Gasteiger partial charge in [0.2, 0.25) is 0 Å². The number of hydrogen-bond donors (Lipinski definition) is 1. The molecule has 96 valence electrons. The van der Waals surface area contributed by atoms with Gasteiger partial charge >= 0.3 is 0 Å². The lowest BCUT2D eigenvalue weighted by Crippen LogP contribution is -2.18. The molecule has 0 fully saturated rings. The van der Waals surface area contributed by atoms with E-state index in [0.29, 0.717) is 12.4 Å². The van der Waals surface area contributed by atoms with Crippen LogP contribution in [0.2, 0.25) is 5.02 Å². The molecule has 1 N–H and O–H groups in total. The van der Waals surface area contributed by atoms with Crippen molar-refractivity contribution >= 4 is 11.6 Å². The predicted octanol–water partition coefficient (Wildman–Crippen LogP) is 1.95. The van der Waals surface area contributed by atoms with Crippen LogP contribution in [0.4, 0.5) is 4.39 Å². The first-order chi connectivity index (χ1) is 8.74. The summed E-state index contributed by atoms with van der Waals surface area (Å²) in [6.07, 6.45) is 1.00. The number of nitrogens with zero attached hydrogens (tertiary/aromatic N) is 4. The Morgan fingerprint density at radius 1 is 1.44 bits per heavy atom. The molecule has 0 aliphatic rings. The van der Waals surface area contributed by atoms with Gasteiger partial charge in [-0.1, -0.05) is 24.6 Å². The molecule has 0 aliphatic carbocycles. The van der Waals surface area contributed by atoms with Crippen LogP contribution < -0.4 is 5.32 Å². The van der Waals surface area contributed by atoms with Crippen molar-refractivity contribution in [1.29, 1.82) is 0 Å². The smallest absolute Gasteiger partial charge is 0.170 e. The molecule has 7 heteroatoms. The number of halogens is 2. The van der Waals surface area contributed by atoms with E-state index in [2.05, 4.69) is 27.8 Å². The molecule has 18 heavy (non-hydrogen) atoms. The summed E-state index contributed by atoms with van der Waals surface area (Å²) in [6.45, 7) is 3.37. The summed E-state index contributed by atoms with van der Waals surface area (Å²) in [7, 11) is 0. The lowest BCUT2D eigenvalue weighted by atomic mass is 10.3. The number of rotatable bonds is 5. The van der Waals surface area contributed by atoms with Crippen LogP contribution in [0, 0.1) is 5.82 Å². The zero-order valence-electron chi connectivity index (χ0n) is 9.90. The molecule has 0 aliphatic heterocycles. The van der Waals surface area contributed by atoms with Crippen LogP contribution in [-0.2, 0) is 6.54 Å². The van der Waals surface area contributed by atoms with Crippen molar-refractivity contribution in [2.75, 3.05) is 6.54 Å². The van der Waals surface area contributed by atoms with E-state index in [0.717, 1.165) is 13.0 Å². The zero-order chi connectivity index (χ0) is 13.0. The minimum absolute atomic E-state index is 0.178. The third-order valence-electron chi connectivity index (χ3n) is 2.39. The molecule has 0 saturated carbocycles. The second-order valence-corrected chi connectivity index (χ2v) is 4.16.